The van der Waals surface area contributed by atoms with Crippen LogP contribution in [0.25, 0.3) is 0 Å². The molecule has 0 spiro atoms. The molecule has 2 unspecified atom stereocenters. The molecule has 0 amide bonds. The lowest BCUT2D eigenvalue weighted by Crippen LogP contribution is -2.43. The lowest BCUT2D eigenvalue weighted by atomic mass is 9.84. The van der Waals surface area contributed by atoms with E-state index < -0.39 is 0 Å². The molecule has 1 aromatic heterocycles. The van der Waals surface area contributed by atoms with Crippen molar-refractivity contribution in [3.8, 4) is 0 Å². The summed E-state index contributed by atoms with van der Waals surface area (Å²) in [5, 5.41) is 3.51. The molecule has 0 aliphatic heterocycles. The van der Waals surface area contributed by atoms with Gasteiger partial charge >= 0.3 is 0 Å². The van der Waals surface area contributed by atoms with E-state index in [1.807, 2.05) is 26.4 Å². The minimum absolute atomic E-state index is 0.0643. The average molecular weight is 253 g/mol. The SMILES string of the molecule is CCNC(c1nccn1C)C(OCC)C(C)(C)C. The first-order chi connectivity index (χ1) is 8.41. The second-order valence-electron chi connectivity index (χ2n) is 5.67. The van der Waals surface area contributed by atoms with Gasteiger partial charge in [0.1, 0.15) is 5.82 Å². The van der Waals surface area contributed by atoms with Crippen LogP contribution in [0.2, 0.25) is 0 Å². The summed E-state index contributed by atoms with van der Waals surface area (Å²) in [6.07, 6.45) is 3.92. The minimum Gasteiger partial charge on any atom is -0.376 e. The molecule has 0 saturated heterocycles. The number of nitrogens with one attached hydrogen (secondary N) is 1. The molecule has 0 saturated carbocycles. The molecule has 4 nitrogen and oxygen atoms in total. The molecule has 0 fully saturated rings. The zero-order chi connectivity index (χ0) is 13.8. The van der Waals surface area contributed by atoms with E-state index in [0.29, 0.717) is 6.61 Å². The second kappa shape index (κ2) is 6.34. The van der Waals surface area contributed by atoms with Crippen molar-refractivity contribution in [2.75, 3.05) is 13.2 Å². The van der Waals surface area contributed by atoms with E-state index in [9.17, 15) is 0 Å². The van der Waals surface area contributed by atoms with Crippen LogP contribution in [0.1, 0.15) is 46.5 Å². The van der Waals surface area contributed by atoms with Crippen LogP contribution >= 0.6 is 0 Å². The fourth-order valence-electron chi connectivity index (χ4n) is 2.26. The molecule has 1 N–H and O–H groups in total. The molecule has 0 aromatic carbocycles. The Morgan fingerprint density at radius 2 is 2.06 bits per heavy atom. The molecular weight excluding hydrogens is 226 g/mol. The van der Waals surface area contributed by atoms with Gasteiger partial charge in [-0.3, -0.25) is 0 Å². The quantitative estimate of drug-likeness (QED) is 0.846. The highest BCUT2D eigenvalue weighted by atomic mass is 16.5. The topological polar surface area (TPSA) is 39.1 Å². The normalized spacial score (nSPS) is 15.7. The highest BCUT2D eigenvalue weighted by Gasteiger charge is 2.35. The molecule has 0 aliphatic carbocycles. The Bertz CT molecular complexity index is 354. The summed E-state index contributed by atoms with van der Waals surface area (Å²) in [5.74, 6) is 1.03. The lowest BCUT2D eigenvalue weighted by molar-refractivity contribution is -0.0386. The number of likely N-dealkylation sites (N-methyl/N-ethyl adjacent to an activating group) is 1. The summed E-state index contributed by atoms with van der Waals surface area (Å²) in [4.78, 5) is 4.47. The summed E-state index contributed by atoms with van der Waals surface area (Å²) in [6.45, 7) is 12.4. The van der Waals surface area contributed by atoms with Gasteiger partial charge in [-0.25, -0.2) is 4.98 Å². The fraction of sp³-hybridized carbons (Fsp3) is 0.786. The number of aromatic nitrogens is 2. The summed E-state index contributed by atoms with van der Waals surface area (Å²) in [6, 6.07) is 0.120. The Labute approximate surface area is 111 Å². The maximum Gasteiger partial charge on any atom is 0.128 e. The molecular formula is C14H27N3O. The van der Waals surface area contributed by atoms with Crippen LogP contribution in [0.4, 0.5) is 0 Å². The summed E-state index contributed by atoms with van der Waals surface area (Å²) < 4.78 is 8.04. The largest absolute Gasteiger partial charge is 0.376 e. The molecule has 1 aromatic rings. The monoisotopic (exact) mass is 253 g/mol. The minimum atomic E-state index is 0.0643. The Morgan fingerprint density at radius 1 is 1.39 bits per heavy atom. The third-order valence-electron chi connectivity index (χ3n) is 3.06. The van der Waals surface area contributed by atoms with E-state index in [2.05, 4.69) is 42.6 Å². The highest BCUT2D eigenvalue weighted by molar-refractivity contribution is 5.04. The molecule has 0 radical (unpaired) electrons. The predicted octanol–water partition coefficient (Wildman–Crippen LogP) is 2.52. The number of aryl methyl sites for hydroxylation is 1. The number of rotatable bonds is 6. The van der Waals surface area contributed by atoms with Crippen LogP contribution in [0.5, 0.6) is 0 Å². The zero-order valence-corrected chi connectivity index (χ0v) is 12.5. The van der Waals surface area contributed by atoms with E-state index in [1.54, 1.807) is 0 Å². The van der Waals surface area contributed by atoms with Crippen LogP contribution in [0.3, 0.4) is 0 Å². The van der Waals surface area contributed by atoms with Crippen molar-refractivity contribution in [1.29, 1.82) is 0 Å². The van der Waals surface area contributed by atoms with Crippen LogP contribution in [-0.2, 0) is 11.8 Å². The summed E-state index contributed by atoms with van der Waals surface area (Å²) >= 11 is 0. The second-order valence-corrected chi connectivity index (χ2v) is 5.67. The van der Waals surface area contributed by atoms with Gasteiger partial charge in [0, 0.05) is 26.0 Å². The van der Waals surface area contributed by atoms with Crippen LogP contribution < -0.4 is 5.32 Å². The van der Waals surface area contributed by atoms with Crippen LogP contribution in [0, 0.1) is 5.41 Å². The van der Waals surface area contributed by atoms with Crippen molar-refractivity contribution in [2.24, 2.45) is 12.5 Å². The van der Waals surface area contributed by atoms with E-state index in [0.717, 1.165) is 12.4 Å². The molecule has 104 valence electrons. The van der Waals surface area contributed by atoms with Crippen molar-refractivity contribution in [2.45, 2.75) is 46.8 Å². The third-order valence-corrected chi connectivity index (χ3v) is 3.06. The molecule has 2 atom stereocenters. The van der Waals surface area contributed by atoms with Gasteiger partial charge in [0.2, 0.25) is 0 Å². The predicted molar refractivity (Wildman–Crippen MR) is 74.5 cm³/mol. The first-order valence-corrected chi connectivity index (χ1v) is 6.74. The van der Waals surface area contributed by atoms with E-state index in [-0.39, 0.29) is 17.6 Å². The average Bonchev–Trinajstić information content (AvgIpc) is 2.68. The van der Waals surface area contributed by atoms with Gasteiger partial charge in [0.15, 0.2) is 0 Å². The van der Waals surface area contributed by atoms with E-state index in [4.69, 9.17) is 4.74 Å². The van der Waals surface area contributed by atoms with Crippen molar-refractivity contribution >= 4 is 0 Å². The molecule has 0 aliphatic rings. The highest BCUT2D eigenvalue weighted by Crippen LogP contribution is 2.32. The number of nitrogens with zero attached hydrogens (tertiary/aromatic N) is 2. The van der Waals surface area contributed by atoms with E-state index in [1.165, 1.54) is 0 Å². The van der Waals surface area contributed by atoms with Crippen LogP contribution in [0.15, 0.2) is 12.4 Å². The first-order valence-electron chi connectivity index (χ1n) is 6.74. The van der Waals surface area contributed by atoms with Gasteiger partial charge in [-0.05, 0) is 18.9 Å². The Kier molecular flexibility index (Phi) is 5.35. The Morgan fingerprint density at radius 3 is 2.44 bits per heavy atom. The van der Waals surface area contributed by atoms with Gasteiger partial charge < -0.3 is 14.6 Å². The molecule has 18 heavy (non-hydrogen) atoms. The summed E-state index contributed by atoms with van der Waals surface area (Å²) in [5.41, 5.74) is 0.0643. The maximum atomic E-state index is 5.98. The maximum absolute atomic E-state index is 5.98. The summed E-state index contributed by atoms with van der Waals surface area (Å²) in [7, 11) is 2.03. The van der Waals surface area contributed by atoms with Crippen LogP contribution in [-0.4, -0.2) is 28.8 Å². The molecule has 0 bridgehead atoms. The zero-order valence-electron chi connectivity index (χ0n) is 12.5. The number of imidazole rings is 1. The van der Waals surface area contributed by atoms with Crippen molar-refractivity contribution < 1.29 is 4.74 Å². The van der Waals surface area contributed by atoms with Gasteiger partial charge in [-0.2, -0.15) is 0 Å². The molecule has 1 heterocycles. The third kappa shape index (κ3) is 3.56. The Balaban J connectivity index is 3.05. The number of ether oxygens (including phenoxy) is 1. The fourth-order valence-corrected chi connectivity index (χ4v) is 2.26. The molecule has 4 heteroatoms. The molecule has 1 rings (SSSR count). The smallest absolute Gasteiger partial charge is 0.128 e. The number of hydrogen-bond donors (Lipinski definition) is 1. The van der Waals surface area contributed by atoms with Gasteiger partial charge in [0.25, 0.3) is 0 Å². The van der Waals surface area contributed by atoms with Crippen molar-refractivity contribution in [1.82, 2.24) is 14.9 Å². The van der Waals surface area contributed by atoms with Gasteiger partial charge in [-0.1, -0.05) is 27.7 Å². The van der Waals surface area contributed by atoms with E-state index >= 15 is 0 Å². The van der Waals surface area contributed by atoms with Gasteiger partial charge in [-0.15, -0.1) is 0 Å². The van der Waals surface area contributed by atoms with Gasteiger partial charge in [0.05, 0.1) is 12.1 Å². The number of hydrogen-bond acceptors (Lipinski definition) is 3. The van der Waals surface area contributed by atoms with Crippen molar-refractivity contribution in [3.63, 3.8) is 0 Å². The van der Waals surface area contributed by atoms with Crippen molar-refractivity contribution in [3.05, 3.63) is 18.2 Å². The first kappa shape index (κ1) is 15.2. The lowest BCUT2D eigenvalue weighted by Gasteiger charge is -2.36. The Hall–Kier alpha value is -0.870. The standard InChI is InChI=1S/C14H27N3O/c1-7-15-11(13-16-9-10-17(13)6)12(18-8-2)14(3,4)5/h9-12,15H,7-8H2,1-6H3.